The lowest BCUT2D eigenvalue weighted by atomic mass is 10.1. The SMILES string of the molecule is CC.CC=O.CCC1CCCC1.CO. The molecule has 0 aromatic rings. The van der Waals surface area contributed by atoms with Crippen molar-refractivity contribution in [1.82, 2.24) is 0 Å². The van der Waals surface area contributed by atoms with Gasteiger partial charge in [0.1, 0.15) is 6.29 Å². The number of aldehydes is 1. The molecule has 1 rings (SSSR count). The maximum atomic E-state index is 8.81. The summed E-state index contributed by atoms with van der Waals surface area (Å²) in [5.74, 6) is 1.10. The molecule has 0 aromatic carbocycles. The Hall–Kier alpha value is -0.370. The van der Waals surface area contributed by atoms with Crippen molar-refractivity contribution in [3.05, 3.63) is 0 Å². The third-order valence-corrected chi connectivity index (χ3v) is 2.05. The van der Waals surface area contributed by atoms with E-state index in [0.717, 1.165) is 19.3 Å². The summed E-state index contributed by atoms with van der Waals surface area (Å²) >= 11 is 0. The van der Waals surface area contributed by atoms with Gasteiger partial charge in [-0.25, -0.2) is 0 Å². The molecule has 14 heavy (non-hydrogen) atoms. The molecule has 0 saturated heterocycles. The minimum Gasteiger partial charge on any atom is -0.400 e. The van der Waals surface area contributed by atoms with Gasteiger partial charge in [0.15, 0.2) is 0 Å². The van der Waals surface area contributed by atoms with Crippen LogP contribution in [0.15, 0.2) is 0 Å². The van der Waals surface area contributed by atoms with Crippen molar-refractivity contribution in [2.75, 3.05) is 7.11 Å². The topological polar surface area (TPSA) is 37.3 Å². The second-order valence-corrected chi connectivity index (χ2v) is 2.79. The van der Waals surface area contributed by atoms with Crippen LogP contribution in [0.5, 0.6) is 0 Å². The summed E-state index contributed by atoms with van der Waals surface area (Å²) in [6.07, 6.45) is 8.18. The van der Waals surface area contributed by atoms with Crippen LogP contribution in [-0.4, -0.2) is 18.5 Å². The first-order valence-electron chi connectivity index (χ1n) is 5.69. The Balaban J connectivity index is -0.000000148. The van der Waals surface area contributed by atoms with E-state index < -0.39 is 0 Å². The lowest BCUT2D eigenvalue weighted by Crippen LogP contribution is -1.86. The summed E-state index contributed by atoms with van der Waals surface area (Å²) in [4.78, 5) is 8.81. The van der Waals surface area contributed by atoms with Crippen molar-refractivity contribution in [1.29, 1.82) is 0 Å². The fourth-order valence-corrected chi connectivity index (χ4v) is 1.42. The highest BCUT2D eigenvalue weighted by molar-refractivity contribution is 5.44. The summed E-state index contributed by atoms with van der Waals surface area (Å²) in [7, 11) is 1.00. The Bertz CT molecular complexity index is 76.4. The van der Waals surface area contributed by atoms with E-state index in [-0.39, 0.29) is 0 Å². The molecule has 0 unspecified atom stereocenters. The minimum absolute atomic E-state index is 0.750. The molecular formula is C12H28O2. The molecule has 2 heteroatoms. The molecule has 0 aromatic heterocycles. The zero-order chi connectivity index (χ0) is 11.8. The molecule has 2 nitrogen and oxygen atoms in total. The van der Waals surface area contributed by atoms with Crippen molar-refractivity contribution in [3.63, 3.8) is 0 Å². The van der Waals surface area contributed by atoms with Crippen LogP contribution in [0.4, 0.5) is 0 Å². The molecular weight excluding hydrogens is 176 g/mol. The Morgan fingerprint density at radius 3 is 1.64 bits per heavy atom. The van der Waals surface area contributed by atoms with Crippen LogP contribution in [0.1, 0.15) is 59.8 Å². The average molecular weight is 204 g/mol. The normalized spacial score (nSPS) is 13.6. The van der Waals surface area contributed by atoms with Crippen molar-refractivity contribution in [2.24, 2.45) is 5.92 Å². The molecule has 0 atom stereocenters. The zero-order valence-corrected chi connectivity index (χ0v) is 10.5. The molecule has 0 aliphatic heterocycles. The summed E-state index contributed by atoms with van der Waals surface area (Å²) in [5, 5.41) is 7.00. The third kappa shape index (κ3) is 17.6. The van der Waals surface area contributed by atoms with Gasteiger partial charge in [-0.3, -0.25) is 0 Å². The number of aliphatic hydroxyl groups excluding tert-OH is 1. The van der Waals surface area contributed by atoms with Gasteiger partial charge in [0.25, 0.3) is 0 Å². The molecule has 1 saturated carbocycles. The largest absolute Gasteiger partial charge is 0.400 e. The quantitative estimate of drug-likeness (QED) is 0.664. The fraction of sp³-hybridized carbons (Fsp3) is 0.917. The van der Waals surface area contributed by atoms with E-state index in [1.165, 1.54) is 39.0 Å². The van der Waals surface area contributed by atoms with Gasteiger partial charge in [0.2, 0.25) is 0 Å². The second-order valence-electron chi connectivity index (χ2n) is 2.79. The summed E-state index contributed by atoms with van der Waals surface area (Å²) < 4.78 is 0. The van der Waals surface area contributed by atoms with Crippen LogP contribution < -0.4 is 0 Å². The van der Waals surface area contributed by atoms with Crippen LogP contribution in [0.25, 0.3) is 0 Å². The van der Waals surface area contributed by atoms with Crippen molar-refractivity contribution in [2.45, 2.75) is 59.8 Å². The van der Waals surface area contributed by atoms with Crippen LogP contribution >= 0.6 is 0 Å². The number of aliphatic hydroxyl groups is 1. The molecule has 1 fully saturated rings. The molecule has 0 bridgehead atoms. The number of rotatable bonds is 1. The number of hydrogen-bond donors (Lipinski definition) is 1. The average Bonchev–Trinajstić information content (AvgIpc) is 2.77. The maximum Gasteiger partial charge on any atom is 0.116 e. The van der Waals surface area contributed by atoms with Crippen LogP contribution in [0, 0.1) is 5.92 Å². The van der Waals surface area contributed by atoms with E-state index in [2.05, 4.69) is 6.92 Å². The van der Waals surface area contributed by atoms with Crippen molar-refractivity contribution >= 4 is 6.29 Å². The van der Waals surface area contributed by atoms with E-state index in [9.17, 15) is 0 Å². The van der Waals surface area contributed by atoms with E-state index in [1.54, 1.807) is 0 Å². The second kappa shape index (κ2) is 22.9. The summed E-state index contributed by atoms with van der Waals surface area (Å²) in [5.41, 5.74) is 0. The molecule has 1 aliphatic rings. The number of carbonyl (C=O) groups excluding carboxylic acids is 1. The Morgan fingerprint density at radius 1 is 1.21 bits per heavy atom. The molecule has 1 aliphatic carbocycles. The molecule has 0 amide bonds. The number of hydrogen-bond acceptors (Lipinski definition) is 2. The highest BCUT2D eigenvalue weighted by Crippen LogP contribution is 2.26. The Morgan fingerprint density at radius 2 is 1.50 bits per heavy atom. The molecule has 1 N–H and O–H groups in total. The van der Waals surface area contributed by atoms with E-state index >= 15 is 0 Å². The summed E-state index contributed by atoms with van der Waals surface area (Å²) in [6.45, 7) is 7.75. The smallest absolute Gasteiger partial charge is 0.116 e. The lowest BCUT2D eigenvalue weighted by Gasteiger charge is -1.99. The Kier molecular flexibility index (Phi) is 31.5. The van der Waals surface area contributed by atoms with Crippen LogP contribution in [0.3, 0.4) is 0 Å². The molecule has 0 heterocycles. The highest BCUT2D eigenvalue weighted by atomic mass is 16.2. The predicted molar refractivity (Wildman–Crippen MR) is 63.5 cm³/mol. The van der Waals surface area contributed by atoms with Crippen LogP contribution in [0.2, 0.25) is 0 Å². The van der Waals surface area contributed by atoms with Crippen molar-refractivity contribution < 1.29 is 9.90 Å². The van der Waals surface area contributed by atoms with Crippen LogP contribution in [-0.2, 0) is 4.79 Å². The van der Waals surface area contributed by atoms with Gasteiger partial charge in [0.05, 0.1) is 0 Å². The first kappa shape index (κ1) is 19.2. The molecule has 0 radical (unpaired) electrons. The third-order valence-electron chi connectivity index (χ3n) is 2.05. The zero-order valence-electron chi connectivity index (χ0n) is 10.5. The van der Waals surface area contributed by atoms with E-state index in [4.69, 9.17) is 9.90 Å². The van der Waals surface area contributed by atoms with Gasteiger partial charge in [0, 0.05) is 7.11 Å². The molecule has 0 spiro atoms. The first-order valence-corrected chi connectivity index (χ1v) is 5.69. The lowest BCUT2D eigenvalue weighted by molar-refractivity contribution is -0.106. The minimum atomic E-state index is 0.750. The van der Waals surface area contributed by atoms with Gasteiger partial charge in [-0.2, -0.15) is 0 Å². The van der Waals surface area contributed by atoms with E-state index in [1.807, 2.05) is 13.8 Å². The maximum absolute atomic E-state index is 8.81. The van der Waals surface area contributed by atoms with Gasteiger partial charge in [-0.15, -0.1) is 0 Å². The van der Waals surface area contributed by atoms with Gasteiger partial charge in [-0.1, -0.05) is 52.9 Å². The standard InChI is InChI=1S/C7H14.C2H4O.C2H6.CH4O/c1-2-7-5-3-4-6-7;1-2-3;2*1-2/h7H,2-6H2,1H3;2H,1H3;1-2H3;2H,1H3. The summed E-state index contributed by atoms with van der Waals surface area (Å²) in [6, 6.07) is 0. The van der Waals surface area contributed by atoms with Gasteiger partial charge in [-0.05, 0) is 12.8 Å². The van der Waals surface area contributed by atoms with Crippen molar-refractivity contribution in [3.8, 4) is 0 Å². The van der Waals surface area contributed by atoms with Gasteiger partial charge < -0.3 is 9.90 Å². The highest BCUT2D eigenvalue weighted by Gasteiger charge is 2.11. The monoisotopic (exact) mass is 204 g/mol. The first-order chi connectivity index (χ1) is 6.85. The Labute approximate surface area is 89.7 Å². The molecule has 88 valence electrons. The number of carbonyl (C=O) groups is 1. The van der Waals surface area contributed by atoms with Gasteiger partial charge >= 0.3 is 0 Å². The predicted octanol–water partition coefficient (Wildman–Crippen LogP) is 3.43. The van der Waals surface area contributed by atoms with E-state index in [0.29, 0.717) is 0 Å². The fourth-order valence-electron chi connectivity index (χ4n) is 1.42.